The molecule has 2 rings (SSSR count). The van der Waals surface area contributed by atoms with Gasteiger partial charge in [0.15, 0.2) is 0 Å². The van der Waals surface area contributed by atoms with Crippen LogP contribution in [0.5, 0.6) is 0 Å². The summed E-state index contributed by atoms with van der Waals surface area (Å²) >= 11 is 0. The first-order chi connectivity index (χ1) is 8.72. The summed E-state index contributed by atoms with van der Waals surface area (Å²) in [6.45, 7) is 2.70. The minimum Gasteiger partial charge on any atom is -0.318 e. The second kappa shape index (κ2) is 5.10. The quantitative estimate of drug-likeness (QED) is 0.880. The molecule has 0 saturated heterocycles. The van der Waals surface area contributed by atoms with Crippen LogP contribution in [-0.2, 0) is 6.54 Å². The molecule has 2 aromatic heterocycles. The van der Waals surface area contributed by atoms with Gasteiger partial charge < -0.3 is 5.32 Å². The highest BCUT2D eigenvalue weighted by Crippen LogP contribution is 2.07. The lowest BCUT2D eigenvalue weighted by Gasteiger charge is -2.01. The topological polar surface area (TPSA) is 83.6 Å². The van der Waals surface area contributed by atoms with Crippen molar-refractivity contribution in [2.75, 3.05) is 5.32 Å². The lowest BCUT2D eigenvalue weighted by atomic mass is 10.2. The SMILES string of the molecule is CCn1cc(NC(=O)c2ccc(C#N)cn2)cn1. The zero-order valence-electron chi connectivity index (χ0n) is 9.79. The van der Waals surface area contributed by atoms with Crippen LogP contribution in [0.4, 0.5) is 5.69 Å². The van der Waals surface area contributed by atoms with Crippen LogP contribution in [0.15, 0.2) is 30.7 Å². The molecule has 0 fully saturated rings. The number of aryl methyl sites for hydroxylation is 1. The van der Waals surface area contributed by atoms with Crippen LogP contribution in [0.3, 0.4) is 0 Å². The monoisotopic (exact) mass is 241 g/mol. The van der Waals surface area contributed by atoms with E-state index in [0.29, 0.717) is 11.3 Å². The van der Waals surface area contributed by atoms with Crippen molar-refractivity contribution in [2.45, 2.75) is 13.5 Å². The maximum Gasteiger partial charge on any atom is 0.274 e. The molecule has 6 nitrogen and oxygen atoms in total. The largest absolute Gasteiger partial charge is 0.318 e. The molecule has 0 atom stereocenters. The zero-order chi connectivity index (χ0) is 13.0. The van der Waals surface area contributed by atoms with Gasteiger partial charge in [0.25, 0.3) is 5.91 Å². The summed E-state index contributed by atoms with van der Waals surface area (Å²) in [5.74, 6) is -0.324. The summed E-state index contributed by atoms with van der Waals surface area (Å²) < 4.78 is 1.71. The van der Waals surface area contributed by atoms with E-state index in [9.17, 15) is 4.79 Å². The summed E-state index contributed by atoms with van der Waals surface area (Å²) in [4.78, 5) is 15.7. The molecule has 18 heavy (non-hydrogen) atoms. The minimum absolute atomic E-state index is 0.262. The van der Waals surface area contributed by atoms with Crippen molar-refractivity contribution in [3.05, 3.63) is 42.0 Å². The van der Waals surface area contributed by atoms with Crippen molar-refractivity contribution in [3.63, 3.8) is 0 Å². The molecule has 6 heteroatoms. The molecule has 0 saturated carbocycles. The van der Waals surface area contributed by atoms with Crippen LogP contribution in [-0.4, -0.2) is 20.7 Å². The number of carbonyl (C=O) groups is 1. The molecule has 1 N–H and O–H groups in total. The third kappa shape index (κ3) is 2.52. The van der Waals surface area contributed by atoms with Gasteiger partial charge in [0.1, 0.15) is 11.8 Å². The van der Waals surface area contributed by atoms with E-state index in [1.54, 1.807) is 23.1 Å². The first-order valence-corrected chi connectivity index (χ1v) is 5.43. The first kappa shape index (κ1) is 11.8. The van der Waals surface area contributed by atoms with E-state index in [-0.39, 0.29) is 11.6 Å². The Hall–Kier alpha value is -2.68. The minimum atomic E-state index is -0.324. The van der Waals surface area contributed by atoms with Crippen molar-refractivity contribution in [2.24, 2.45) is 0 Å². The number of nitrogens with one attached hydrogen (secondary N) is 1. The number of nitriles is 1. The number of hydrogen-bond acceptors (Lipinski definition) is 4. The Morgan fingerprint density at radius 1 is 1.50 bits per heavy atom. The fourth-order valence-corrected chi connectivity index (χ4v) is 1.39. The molecule has 0 bridgehead atoms. The average Bonchev–Trinajstić information content (AvgIpc) is 2.86. The van der Waals surface area contributed by atoms with Gasteiger partial charge in [-0.25, -0.2) is 4.98 Å². The molecule has 0 radical (unpaired) electrons. The Bertz CT molecular complexity index is 594. The predicted molar refractivity (Wildman–Crippen MR) is 64.8 cm³/mol. The van der Waals surface area contributed by atoms with Crippen molar-refractivity contribution in [3.8, 4) is 6.07 Å². The molecule has 0 aliphatic rings. The van der Waals surface area contributed by atoms with Gasteiger partial charge in [-0.1, -0.05) is 0 Å². The summed E-state index contributed by atoms with van der Waals surface area (Å²) in [7, 11) is 0. The number of aromatic nitrogens is 3. The molecule has 0 spiro atoms. The number of rotatable bonds is 3. The number of anilines is 1. The molecule has 2 heterocycles. The van der Waals surface area contributed by atoms with Crippen LogP contribution in [0.25, 0.3) is 0 Å². The van der Waals surface area contributed by atoms with Gasteiger partial charge in [0.05, 0.1) is 17.4 Å². The van der Waals surface area contributed by atoms with Gasteiger partial charge in [0, 0.05) is 18.9 Å². The van der Waals surface area contributed by atoms with Crippen molar-refractivity contribution >= 4 is 11.6 Å². The van der Waals surface area contributed by atoms with Gasteiger partial charge in [-0.05, 0) is 19.1 Å². The molecule has 0 aliphatic heterocycles. The van der Waals surface area contributed by atoms with Crippen molar-refractivity contribution in [1.82, 2.24) is 14.8 Å². The van der Waals surface area contributed by atoms with E-state index < -0.39 is 0 Å². The van der Waals surface area contributed by atoms with Crippen LogP contribution >= 0.6 is 0 Å². The second-order valence-corrected chi connectivity index (χ2v) is 3.58. The molecule has 0 unspecified atom stereocenters. The van der Waals surface area contributed by atoms with Gasteiger partial charge in [0.2, 0.25) is 0 Å². The lowest BCUT2D eigenvalue weighted by Crippen LogP contribution is -2.13. The molecule has 2 aromatic rings. The third-order valence-electron chi connectivity index (χ3n) is 2.34. The maximum atomic E-state index is 11.8. The van der Waals surface area contributed by atoms with Gasteiger partial charge in [-0.2, -0.15) is 10.4 Å². The Morgan fingerprint density at radius 3 is 2.89 bits per heavy atom. The number of pyridine rings is 1. The van der Waals surface area contributed by atoms with Crippen LogP contribution < -0.4 is 5.32 Å². The second-order valence-electron chi connectivity index (χ2n) is 3.58. The highest BCUT2D eigenvalue weighted by Gasteiger charge is 2.08. The number of carbonyl (C=O) groups excluding carboxylic acids is 1. The molecular formula is C12H11N5O. The number of nitrogens with zero attached hydrogens (tertiary/aromatic N) is 4. The van der Waals surface area contributed by atoms with E-state index in [2.05, 4.69) is 15.4 Å². The molecule has 1 amide bonds. The number of hydrogen-bond donors (Lipinski definition) is 1. The summed E-state index contributed by atoms with van der Waals surface area (Å²) in [5.41, 5.74) is 1.30. The van der Waals surface area contributed by atoms with Crippen LogP contribution in [0.1, 0.15) is 23.0 Å². The van der Waals surface area contributed by atoms with E-state index in [4.69, 9.17) is 5.26 Å². The zero-order valence-corrected chi connectivity index (χ0v) is 9.79. The van der Waals surface area contributed by atoms with Crippen molar-refractivity contribution in [1.29, 1.82) is 5.26 Å². The highest BCUT2D eigenvalue weighted by molar-refractivity contribution is 6.02. The standard InChI is InChI=1S/C12H11N5O/c1-2-17-8-10(7-15-17)16-12(18)11-4-3-9(5-13)6-14-11/h3-4,6-8H,2H2,1H3,(H,16,18). The van der Waals surface area contributed by atoms with Crippen molar-refractivity contribution < 1.29 is 4.79 Å². The third-order valence-corrected chi connectivity index (χ3v) is 2.34. The molecule has 0 aromatic carbocycles. The fourth-order valence-electron chi connectivity index (χ4n) is 1.39. The molecular weight excluding hydrogens is 230 g/mol. The van der Waals surface area contributed by atoms with E-state index in [1.807, 2.05) is 13.0 Å². The normalized spacial score (nSPS) is 9.78. The fraction of sp³-hybridized carbons (Fsp3) is 0.167. The Labute approximate surface area is 104 Å². The summed E-state index contributed by atoms with van der Waals surface area (Å²) in [6.07, 6.45) is 4.68. The predicted octanol–water partition coefficient (Wildman–Crippen LogP) is 1.42. The highest BCUT2D eigenvalue weighted by atomic mass is 16.1. The van der Waals surface area contributed by atoms with Gasteiger partial charge in [-0.3, -0.25) is 9.48 Å². The Balaban J connectivity index is 2.09. The van der Waals surface area contributed by atoms with Crippen LogP contribution in [0, 0.1) is 11.3 Å². The Kier molecular flexibility index (Phi) is 3.34. The van der Waals surface area contributed by atoms with E-state index >= 15 is 0 Å². The molecule has 90 valence electrons. The van der Waals surface area contributed by atoms with E-state index in [1.165, 1.54) is 12.3 Å². The summed E-state index contributed by atoms with van der Waals surface area (Å²) in [5, 5.41) is 15.4. The smallest absolute Gasteiger partial charge is 0.274 e. The van der Waals surface area contributed by atoms with E-state index in [0.717, 1.165) is 6.54 Å². The van der Waals surface area contributed by atoms with Crippen LogP contribution in [0.2, 0.25) is 0 Å². The first-order valence-electron chi connectivity index (χ1n) is 5.43. The average molecular weight is 241 g/mol. The molecule has 0 aliphatic carbocycles. The number of amides is 1. The van der Waals surface area contributed by atoms with Gasteiger partial charge >= 0.3 is 0 Å². The Morgan fingerprint density at radius 2 is 2.33 bits per heavy atom. The summed E-state index contributed by atoms with van der Waals surface area (Å²) in [6, 6.07) is 5.01. The lowest BCUT2D eigenvalue weighted by molar-refractivity contribution is 0.102. The van der Waals surface area contributed by atoms with Gasteiger partial charge in [-0.15, -0.1) is 0 Å². The maximum absolute atomic E-state index is 11.8.